The summed E-state index contributed by atoms with van der Waals surface area (Å²) in [6.45, 7) is 1.30. The highest BCUT2D eigenvalue weighted by Gasteiger charge is 2.15. The minimum atomic E-state index is -0.728. The number of hydrogen-bond donors (Lipinski definition) is 4. The lowest BCUT2D eigenvalue weighted by atomic mass is 10.2. The zero-order valence-electron chi connectivity index (χ0n) is 11.1. The van der Waals surface area contributed by atoms with Crippen molar-refractivity contribution in [2.75, 3.05) is 11.9 Å². The van der Waals surface area contributed by atoms with Crippen LogP contribution in [-0.4, -0.2) is 35.9 Å². The second-order valence-electron chi connectivity index (χ2n) is 4.13. The summed E-state index contributed by atoms with van der Waals surface area (Å²) < 4.78 is 0. The summed E-state index contributed by atoms with van der Waals surface area (Å²) in [5, 5.41) is 16.2. The average Bonchev–Trinajstić information content (AvgIpc) is 2.45. The van der Waals surface area contributed by atoms with Gasteiger partial charge in [0.2, 0.25) is 18.2 Å². The first kappa shape index (κ1) is 15.6. The summed E-state index contributed by atoms with van der Waals surface area (Å²) in [5.74, 6) is -0.823. The van der Waals surface area contributed by atoms with Gasteiger partial charge in [-0.2, -0.15) is 0 Å². The fourth-order valence-electron chi connectivity index (χ4n) is 1.44. The average molecular weight is 279 g/mol. The second-order valence-corrected chi connectivity index (χ2v) is 4.13. The number of carbonyl (C=O) groups is 3. The first-order chi connectivity index (χ1) is 9.56. The number of aliphatic hydroxyl groups excluding tert-OH is 1. The van der Waals surface area contributed by atoms with Crippen molar-refractivity contribution < 1.29 is 19.5 Å². The monoisotopic (exact) mass is 279 g/mol. The van der Waals surface area contributed by atoms with Gasteiger partial charge in [0, 0.05) is 5.69 Å². The highest BCUT2D eigenvalue weighted by molar-refractivity contribution is 5.97. The van der Waals surface area contributed by atoms with E-state index in [0.29, 0.717) is 12.1 Å². The normalized spacial score (nSPS) is 11.3. The van der Waals surface area contributed by atoms with Gasteiger partial charge in [0.05, 0.1) is 13.2 Å². The molecular formula is C13H17N3O4. The van der Waals surface area contributed by atoms with Crippen LogP contribution in [0.2, 0.25) is 0 Å². The van der Waals surface area contributed by atoms with Gasteiger partial charge in [-0.25, -0.2) is 0 Å². The Labute approximate surface area is 116 Å². The zero-order chi connectivity index (χ0) is 15.0. The fraction of sp³-hybridized carbons (Fsp3) is 0.308. The minimum absolute atomic E-state index is 0.0651. The predicted octanol–water partition coefficient (Wildman–Crippen LogP) is -0.632. The van der Waals surface area contributed by atoms with Crippen LogP contribution >= 0.6 is 0 Å². The number of aliphatic hydroxyl groups is 1. The van der Waals surface area contributed by atoms with Gasteiger partial charge in [0.1, 0.15) is 6.04 Å². The molecule has 3 amide bonds. The Morgan fingerprint density at radius 3 is 2.50 bits per heavy atom. The molecule has 0 aromatic heterocycles. The van der Waals surface area contributed by atoms with E-state index in [1.807, 2.05) is 0 Å². The number of hydrogen-bond acceptors (Lipinski definition) is 4. The molecule has 1 atom stereocenters. The molecule has 0 aliphatic heterocycles. The van der Waals surface area contributed by atoms with Gasteiger partial charge in [-0.1, -0.05) is 12.1 Å². The van der Waals surface area contributed by atoms with E-state index in [1.54, 1.807) is 24.3 Å². The van der Waals surface area contributed by atoms with Gasteiger partial charge >= 0.3 is 0 Å². The van der Waals surface area contributed by atoms with Gasteiger partial charge in [0.15, 0.2) is 0 Å². The van der Waals surface area contributed by atoms with Crippen LogP contribution in [-0.2, 0) is 21.0 Å². The lowest BCUT2D eigenvalue weighted by Crippen LogP contribution is -2.44. The Kier molecular flexibility index (Phi) is 6.18. The van der Waals surface area contributed by atoms with Gasteiger partial charge in [-0.15, -0.1) is 0 Å². The maximum absolute atomic E-state index is 11.8. The van der Waals surface area contributed by atoms with Gasteiger partial charge < -0.3 is 21.1 Å². The molecule has 0 radical (unpaired) electrons. The molecule has 108 valence electrons. The summed E-state index contributed by atoms with van der Waals surface area (Å²) in [6, 6.07) is 5.96. The van der Waals surface area contributed by atoms with E-state index >= 15 is 0 Å². The highest BCUT2D eigenvalue weighted by Crippen LogP contribution is 2.09. The molecule has 1 rings (SSSR count). The van der Waals surface area contributed by atoms with Crippen molar-refractivity contribution in [1.82, 2.24) is 10.6 Å². The maximum atomic E-state index is 11.8. The van der Waals surface area contributed by atoms with Crippen LogP contribution in [0.5, 0.6) is 0 Å². The second kappa shape index (κ2) is 7.90. The molecule has 1 aromatic carbocycles. The molecular weight excluding hydrogens is 262 g/mol. The number of nitrogens with one attached hydrogen (secondary N) is 3. The van der Waals surface area contributed by atoms with Gasteiger partial charge in [-0.05, 0) is 24.6 Å². The standard InChI is InChI=1S/C13H17N3O4/c1-9(15-12(19)6-14-8-18)13(20)16-11-4-2-10(7-17)3-5-11/h2-5,8-9,17H,6-7H2,1H3,(H,14,18)(H,15,19)(H,16,20)/t9-/m0/s1. The zero-order valence-corrected chi connectivity index (χ0v) is 11.1. The number of rotatable bonds is 7. The smallest absolute Gasteiger partial charge is 0.246 e. The van der Waals surface area contributed by atoms with Crippen LogP contribution in [0.15, 0.2) is 24.3 Å². The van der Waals surface area contributed by atoms with E-state index in [0.717, 1.165) is 5.56 Å². The van der Waals surface area contributed by atoms with E-state index < -0.39 is 11.9 Å². The maximum Gasteiger partial charge on any atom is 0.246 e. The minimum Gasteiger partial charge on any atom is -0.392 e. The quantitative estimate of drug-likeness (QED) is 0.498. The first-order valence-corrected chi connectivity index (χ1v) is 6.04. The molecule has 0 aliphatic carbocycles. The van der Waals surface area contributed by atoms with Crippen LogP contribution in [0.25, 0.3) is 0 Å². The van der Waals surface area contributed by atoms with Crippen molar-refractivity contribution in [3.63, 3.8) is 0 Å². The van der Waals surface area contributed by atoms with Crippen molar-refractivity contribution in [2.45, 2.75) is 19.6 Å². The molecule has 20 heavy (non-hydrogen) atoms. The van der Waals surface area contributed by atoms with Crippen LogP contribution < -0.4 is 16.0 Å². The van der Waals surface area contributed by atoms with E-state index in [4.69, 9.17) is 5.11 Å². The van der Waals surface area contributed by atoms with Crippen molar-refractivity contribution in [1.29, 1.82) is 0 Å². The van der Waals surface area contributed by atoms with Gasteiger partial charge in [0.25, 0.3) is 0 Å². The number of carbonyl (C=O) groups excluding carboxylic acids is 3. The van der Waals surface area contributed by atoms with Crippen molar-refractivity contribution in [3.05, 3.63) is 29.8 Å². The van der Waals surface area contributed by atoms with E-state index in [9.17, 15) is 14.4 Å². The van der Waals surface area contributed by atoms with E-state index in [1.165, 1.54) is 6.92 Å². The number of amides is 3. The molecule has 0 aliphatic rings. The molecule has 0 bridgehead atoms. The highest BCUT2D eigenvalue weighted by atomic mass is 16.3. The topological polar surface area (TPSA) is 108 Å². The summed E-state index contributed by atoms with van der Waals surface area (Å²) in [7, 11) is 0. The Morgan fingerprint density at radius 1 is 1.30 bits per heavy atom. The molecule has 0 heterocycles. The molecule has 0 saturated carbocycles. The van der Waals surface area contributed by atoms with Crippen LogP contribution in [0.3, 0.4) is 0 Å². The Hall–Kier alpha value is -2.41. The summed E-state index contributed by atoms with van der Waals surface area (Å²) >= 11 is 0. The van der Waals surface area contributed by atoms with Crippen molar-refractivity contribution in [3.8, 4) is 0 Å². The molecule has 0 fully saturated rings. The molecule has 0 unspecified atom stereocenters. The molecule has 4 N–H and O–H groups in total. The largest absolute Gasteiger partial charge is 0.392 e. The molecule has 1 aromatic rings. The van der Waals surface area contributed by atoms with Gasteiger partial charge in [-0.3, -0.25) is 14.4 Å². The Morgan fingerprint density at radius 2 is 1.95 bits per heavy atom. The van der Waals surface area contributed by atoms with Crippen molar-refractivity contribution >= 4 is 23.9 Å². The van der Waals surface area contributed by atoms with E-state index in [2.05, 4.69) is 16.0 Å². The van der Waals surface area contributed by atoms with E-state index in [-0.39, 0.29) is 19.1 Å². The first-order valence-electron chi connectivity index (χ1n) is 6.04. The summed E-state index contributed by atoms with van der Waals surface area (Å²) in [5.41, 5.74) is 1.31. The lowest BCUT2D eigenvalue weighted by molar-refractivity contribution is -0.126. The third-order valence-corrected chi connectivity index (χ3v) is 2.52. The third kappa shape index (κ3) is 5.07. The Bertz CT molecular complexity index is 473. The lowest BCUT2D eigenvalue weighted by Gasteiger charge is -2.14. The molecule has 7 nitrogen and oxygen atoms in total. The van der Waals surface area contributed by atoms with Crippen LogP contribution in [0.4, 0.5) is 5.69 Å². The SMILES string of the molecule is C[C@H](NC(=O)CNC=O)C(=O)Nc1ccc(CO)cc1. The van der Waals surface area contributed by atoms with Crippen molar-refractivity contribution in [2.24, 2.45) is 0 Å². The molecule has 7 heteroatoms. The number of benzene rings is 1. The molecule has 0 spiro atoms. The molecule has 0 saturated heterocycles. The third-order valence-electron chi connectivity index (χ3n) is 2.52. The summed E-state index contributed by atoms with van der Waals surface area (Å²) in [4.78, 5) is 33.2. The number of anilines is 1. The Balaban J connectivity index is 2.48. The fourth-order valence-corrected chi connectivity index (χ4v) is 1.44. The predicted molar refractivity (Wildman–Crippen MR) is 72.7 cm³/mol. The van der Waals surface area contributed by atoms with Crippen LogP contribution in [0, 0.1) is 0 Å². The van der Waals surface area contributed by atoms with Crippen LogP contribution in [0.1, 0.15) is 12.5 Å². The summed E-state index contributed by atoms with van der Waals surface area (Å²) in [6.07, 6.45) is 0.410.